The van der Waals surface area contributed by atoms with E-state index in [0.717, 1.165) is 19.3 Å². The van der Waals surface area contributed by atoms with Gasteiger partial charge in [-0.05, 0) is 32.2 Å². The first-order valence-corrected chi connectivity index (χ1v) is 7.14. The molecule has 1 fully saturated rings. The summed E-state index contributed by atoms with van der Waals surface area (Å²) in [4.78, 5) is 0. The number of aliphatic hydroxyl groups excluding tert-OH is 1. The maximum Gasteiger partial charge on any atom is 0.147 e. The van der Waals surface area contributed by atoms with Crippen molar-refractivity contribution in [2.24, 2.45) is 0 Å². The van der Waals surface area contributed by atoms with E-state index in [9.17, 15) is 13.5 Å². The zero-order chi connectivity index (χ0) is 10.6. The zero-order valence-electron chi connectivity index (χ0n) is 8.57. The number of rotatable bonds is 5. The normalized spacial score (nSPS) is 28.1. The highest BCUT2D eigenvalue weighted by atomic mass is 32.2. The van der Waals surface area contributed by atoms with Gasteiger partial charge in [-0.2, -0.15) is 0 Å². The number of hydrogen-bond donors (Lipinski definition) is 2. The van der Waals surface area contributed by atoms with E-state index in [1.165, 1.54) is 6.26 Å². The summed E-state index contributed by atoms with van der Waals surface area (Å²) in [5, 5.41) is 12.7. The van der Waals surface area contributed by atoms with Crippen molar-refractivity contribution in [3.8, 4) is 0 Å². The second kappa shape index (κ2) is 5.09. The smallest absolute Gasteiger partial charge is 0.147 e. The molecule has 0 spiro atoms. The van der Waals surface area contributed by atoms with Crippen LogP contribution in [0.25, 0.3) is 0 Å². The van der Waals surface area contributed by atoms with Crippen LogP contribution >= 0.6 is 0 Å². The van der Waals surface area contributed by atoms with Gasteiger partial charge in [0.2, 0.25) is 0 Å². The van der Waals surface area contributed by atoms with E-state index in [4.69, 9.17) is 0 Å². The average Bonchev–Trinajstić information content (AvgIpc) is 2.44. The van der Waals surface area contributed by atoms with Crippen LogP contribution < -0.4 is 5.32 Å². The number of aliphatic hydroxyl groups is 1. The lowest BCUT2D eigenvalue weighted by molar-refractivity contribution is 0.149. The first-order chi connectivity index (χ1) is 6.49. The highest BCUT2D eigenvalue weighted by molar-refractivity contribution is 7.90. The van der Waals surface area contributed by atoms with Crippen molar-refractivity contribution in [2.45, 2.75) is 37.8 Å². The summed E-state index contributed by atoms with van der Waals surface area (Å²) in [5.41, 5.74) is 0. The molecule has 5 heteroatoms. The minimum absolute atomic E-state index is 0.176. The Morgan fingerprint density at radius 2 is 2.14 bits per heavy atom. The van der Waals surface area contributed by atoms with Gasteiger partial charge in [0, 0.05) is 12.3 Å². The summed E-state index contributed by atoms with van der Waals surface area (Å²) in [6, 6.07) is 0.176. The Labute approximate surface area is 85.6 Å². The van der Waals surface area contributed by atoms with E-state index in [1.54, 1.807) is 0 Å². The van der Waals surface area contributed by atoms with E-state index in [-0.39, 0.29) is 17.9 Å². The third-order valence-corrected chi connectivity index (χ3v) is 3.61. The third-order valence-electron chi connectivity index (χ3n) is 2.58. The van der Waals surface area contributed by atoms with Crippen molar-refractivity contribution in [3.05, 3.63) is 0 Å². The minimum Gasteiger partial charge on any atom is -0.392 e. The first-order valence-electron chi connectivity index (χ1n) is 5.08. The molecule has 1 aliphatic rings. The number of sulfone groups is 1. The molecule has 0 unspecified atom stereocenters. The van der Waals surface area contributed by atoms with Crippen molar-refractivity contribution < 1.29 is 13.5 Å². The molecule has 2 atom stereocenters. The highest BCUT2D eigenvalue weighted by Crippen LogP contribution is 2.18. The van der Waals surface area contributed by atoms with Crippen LogP contribution in [0.3, 0.4) is 0 Å². The van der Waals surface area contributed by atoms with E-state index in [2.05, 4.69) is 5.32 Å². The molecule has 0 aromatic heterocycles. The predicted molar refractivity (Wildman–Crippen MR) is 56.0 cm³/mol. The first kappa shape index (κ1) is 11.9. The molecule has 2 N–H and O–H groups in total. The van der Waals surface area contributed by atoms with Gasteiger partial charge in [-0.25, -0.2) is 8.42 Å². The SMILES string of the molecule is CS(=O)(=O)CCCN[C@@H]1CCC[C@H]1O. The van der Waals surface area contributed by atoms with Gasteiger partial charge in [-0.1, -0.05) is 0 Å². The van der Waals surface area contributed by atoms with Crippen LogP contribution in [-0.4, -0.2) is 44.2 Å². The van der Waals surface area contributed by atoms with Gasteiger partial charge in [0.1, 0.15) is 9.84 Å². The summed E-state index contributed by atoms with van der Waals surface area (Å²) in [6.07, 6.45) is 4.56. The molecule has 0 aliphatic heterocycles. The predicted octanol–water partition coefficient (Wildman–Crippen LogP) is -0.0759. The number of nitrogens with one attached hydrogen (secondary N) is 1. The van der Waals surface area contributed by atoms with Crippen molar-refractivity contribution in [3.63, 3.8) is 0 Å². The third kappa shape index (κ3) is 4.39. The van der Waals surface area contributed by atoms with E-state index in [1.807, 2.05) is 0 Å². The topological polar surface area (TPSA) is 66.4 Å². The molecule has 0 amide bonds. The van der Waals surface area contributed by atoms with Gasteiger partial charge in [0.05, 0.1) is 11.9 Å². The Kier molecular flexibility index (Phi) is 4.34. The largest absolute Gasteiger partial charge is 0.392 e. The molecule has 0 radical (unpaired) electrons. The maximum absolute atomic E-state index is 10.8. The lowest BCUT2D eigenvalue weighted by atomic mass is 10.2. The molecule has 0 heterocycles. The molecular weight excluding hydrogens is 202 g/mol. The molecule has 0 bridgehead atoms. The van der Waals surface area contributed by atoms with Gasteiger partial charge in [-0.15, -0.1) is 0 Å². The molecule has 1 aliphatic carbocycles. The Bertz CT molecular complexity index is 263. The van der Waals surface area contributed by atoms with E-state index >= 15 is 0 Å². The molecule has 0 aromatic rings. The van der Waals surface area contributed by atoms with Crippen molar-refractivity contribution >= 4 is 9.84 Å². The molecule has 0 aromatic carbocycles. The van der Waals surface area contributed by atoms with Crippen LogP contribution in [0, 0.1) is 0 Å². The average molecular weight is 221 g/mol. The van der Waals surface area contributed by atoms with Gasteiger partial charge in [0.15, 0.2) is 0 Å². The van der Waals surface area contributed by atoms with Crippen molar-refractivity contribution in [1.82, 2.24) is 5.32 Å². The van der Waals surface area contributed by atoms with Gasteiger partial charge in [-0.3, -0.25) is 0 Å². The lowest BCUT2D eigenvalue weighted by Gasteiger charge is -2.15. The second-order valence-electron chi connectivity index (χ2n) is 4.04. The molecule has 0 saturated heterocycles. The van der Waals surface area contributed by atoms with Gasteiger partial charge in [0.25, 0.3) is 0 Å². The molecule has 84 valence electrons. The standard InChI is InChI=1S/C9H19NO3S/c1-14(12,13)7-3-6-10-8-4-2-5-9(8)11/h8-11H,2-7H2,1H3/t8-,9-/m1/s1. The summed E-state index contributed by atoms with van der Waals surface area (Å²) >= 11 is 0. The van der Waals surface area contributed by atoms with E-state index in [0.29, 0.717) is 13.0 Å². The molecule has 4 nitrogen and oxygen atoms in total. The molecule has 1 saturated carbocycles. The zero-order valence-corrected chi connectivity index (χ0v) is 9.39. The number of hydrogen-bond acceptors (Lipinski definition) is 4. The maximum atomic E-state index is 10.8. The van der Waals surface area contributed by atoms with Crippen LogP contribution in [0.1, 0.15) is 25.7 Å². The van der Waals surface area contributed by atoms with E-state index < -0.39 is 9.84 Å². The Morgan fingerprint density at radius 3 is 2.64 bits per heavy atom. The summed E-state index contributed by atoms with van der Waals surface area (Å²) < 4.78 is 21.6. The Balaban J connectivity index is 2.09. The fourth-order valence-electron chi connectivity index (χ4n) is 1.80. The van der Waals surface area contributed by atoms with Crippen molar-refractivity contribution in [2.75, 3.05) is 18.6 Å². The molecule has 14 heavy (non-hydrogen) atoms. The minimum atomic E-state index is -2.84. The van der Waals surface area contributed by atoms with Crippen LogP contribution in [0.15, 0.2) is 0 Å². The van der Waals surface area contributed by atoms with Gasteiger partial charge >= 0.3 is 0 Å². The van der Waals surface area contributed by atoms with Crippen LogP contribution in [0.4, 0.5) is 0 Å². The van der Waals surface area contributed by atoms with Crippen molar-refractivity contribution in [1.29, 1.82) is 0 Å². The van der Waals surface area contributed by atoms with Crippen LogP contribution in [0.2, 0.25) is 0 Å². The van der Waals surface area contributed by atoms with Crippen LogP contribution in [0.5, 0.6) is 0 Å². The Hall–Kier alpha value is -0.130. The second-order valence-corrected chi connectivity index (χ2v) is 6.30. The van der Waals surface area contributed by atoms with Crippen LogP contribution in [-0.2, 0) is 9.84 Å². The summed E-state index contributed by atoms with van der Waals surface area (Å²) in [6.45, 7) is 0.675. The molecule has 1 rings (SSSR count). The summed E-state index contributed by atoms with van der Waals surface area (Å²) in [7, 11) is -2.84. The fourth-order valence-corrected chi connectivity index (χ4v) is 2.47. The highest BCUT2D eigenvalue weighted by Gasteiger charge is 2.23. The quantitative estimate of drug-likeness (QED) is 0.638. The fraction of sp³-hybridized carbons (Fsp3) is 1.00. The van der Waals surface area contributed by atoms with Gasteiger partial charge < -0.3 is 10.4 Å². The lowest BCUT2D eigenvalue weighted by Crippen LogP contribution is -2.36. The monoisotopic (exact) mass is 221 g/mol. The Morgan fingerprint density at radius 1 is 1.43 bits per heavy atom. The molecular formula is C9H19NO3S. The summed E-state index contributed by atoms with van der Waals surface area (Å²) in [5.74, 6) is 0.225.